The summed E-state index contributed by atoms with van der Waals surface area (Å²) in [6.45, 7) is 2.72. The van der Waals surface area contributed by atoms with E-state index in [0.29, 0.717) is 18.1 Å². The van der Waals surface area contributed by atoms with Crippen LogP contribution in [-0.2, 0) is 0 Å². The number of hydrogen-bond acceptors (Lipinski definition) is 5. The van der Waals surface area contributed by atoms with E-state index >= 15 is 0 Å². The van der Waals surface area contributed by atoms with E-state index in [4.69, 9.17) is 4.74 Å². The topological polar surface area (TPSA) is 55.5 Å². The Bertz CT molecular complexity index is 563. The number of pyridine rings is 1. The maximum atomic E-state index is 5.75. The fourth-order valence-electron chi connectivity index (χ4n) is 1.68. The third-order valence-electron chi connectivity index (χ3n) is 2.49. The molecule has 0 N–H and O–H groups in total. The van der Waals surface area contributed by atoms with E-state index in [0.717, 1.165) is 12.2 Å². The van der Waals surface area contributed by atoms with Crippen LogP contribution in [0.1, 0.15) is 19.0 Å². The number of hydrogen-bond donors (Lipinski definition) is 0. The number of ether oxygens (including phenoxy) is 1. The van der Waals surface area contributed by atoms with Gasteiger partial charge in [0.05, 0.1) is 6.61 Å². The molecule has 0 amide bonds. The third kappa shape index (κ3) is 3.34. The summed E-state index contributed by atoms with van der Waals surface area (Å²) in [7, 11) is 3.74. The molecule has 2 rings (SSSR count). The van der Waals surface area contributed by atoms with Crippen LogP contribution in [0.25, 0.3) is 0 Å². The number of imidazole rings is 1. The first-order valence-corrected chi connectivity index (χ1v) is 6.54. The molecule has 0 radical (unpaired) electrons. The second kappa shape index (κ2) is 6.70. The van der Waals surface area contributed by atoms with Gasteiger partial charge in [0.25, 0.3) is 0 Å². The van der Waals surface area contributed by atoms with Gasteiger partial charge in [0, 0.05) is 32.7 Å². The molecular weight excluding hydrogens is 254 g/mol. The van der Waals surface area contributed by atoms with Crippen molar-refractivity contribution in [3.8, 4) is 5.75 Å². The van der Waals surface area contributed by atoms with Crippen molar-refractivity contribution in [1.29, 1.82) is 0 Å². The molecule has 6 heteroatoms. The summed E-state index contributed by atoms with van der Waals surface area (Å²) in [6, 6.07) is 3.76. The minimum Gasteiger partial charge on any atom is -0.491 e. The van der Waals surface area contributed by atoms with Gasteiger partial charge in [0.2, 0.25) is 0 Å². The van der Waals surface area contributed by atoms with Crippen LogP contribution in [-0.4, -0.2) is 46.1 Å². The van der Waals surface area contributed by atoms with Gasteiger partial charge in [-0.2, -0.15) is 5.10 Å². The van der Waals surface area contributed by atoms with Gasteiger partial charge in [0.1, 0.15) is 17.8 Å². The molecule has 6 nitrogen and oxygen atoms in total. The minimum atomic E-state index is 0.651. The Kier molecular flexibility index (Phi) is 4.70. The zero-order valence-electron chi connectivity index (χ0n) is 12.0. The lowest BCUT2D eigenvalue weighted by Crippen LogP contribution is -2.19. The SMILES string of the molecule is CCCOc1cccnc1/C(=N/N(C)C)n1ccnc1. The number of nitrogens with zero attached hydrogens (tertiary/aromatic N) is 5. The molecule has 0 aliphatic rings. The predicted molar refractivity (Wildman–Crippen MR) is 77.9 cm³/mol. The maximum absolute atomic E-state index is 5.75. The standard InChI is InChI=1S/C14H19N5O/c1-4-10-20-12-6-5-7-16-13(12)14(17-18(2)3)19-9-8-15-11-19/h5-9,11H,4,10H2,1-3H3/b17-14-. The molecule has 0 spiro atoms. The molecule has 2 heterocycles. The third-order valence-corrected chi connectivity index (χ3v) is 2.49. The Morgan fingerprint density at radius 3 is 2.90 bits per heavy atom. The molecule has 2 aromatic heterocycles. The van der Waals surface area contributed by atoms with Gasteiger partial charge >= 0.3 is 0 Å². The molecule has 0 saturated heterocycles. The Labute approximate surface area is 118 Å². The largest absolute Gasteiger partial charge is 0.491 e. The van der Waals surface area contributed by atoms with Crippen LogP contribution in [0.4, 0.5) is 0 Å². The quantitative estimate of drug-likeness (QED) is 0.474. The molecule has 2 aromatic rings. The van der Waals surface area contributed by atoms with Crippen LogP contribution < -0.4 is 4.74 Å². The average Bonchev–Trinajstić information content (AvgIpc) is 2.97. The Hall–Kier alpha value is -2.37. The van der Waals surface area contributed by atoms with Crippen molar-refractivity contribution in [1.82, 2.24) is 19.5 Å². The molecule has 0 unspecified atom stereocenters. The summed E-state index contributed by atoms with van der Waals surface area (Å²) in [6.07, 6.45) is 7.91. The highest BCUT2D eigenvalue weighted by Crippen LogP contribution is 2.17. The molecule has 0 aliphatic heterocycles. The summed E-state index contributed by atoms with van der Waals surface area (Å²) in [5, 5.41) is 6.22. The van der Waals surface area contributed by atoms with Gasteiger partial charge in [0.15, 0.2) is 5.84 Å². The lowest BCUT2D eigenvalue weighted by molar-refractivity contribution is 0.315. The predicted octanol–water partition coefficient (Wildman–Crippen LogP) is 1.84. The molecule has 0 aliphatic carbocycles. The summed E-state index contributed by atoms with van der Waals surface area (Å²) >= 11 is 0. The summed E-state index contributed by atoms with van der Waals surface area (Å²) in [5.74, 6) is 1.41. The Morgan fingerprint density at radius 1 is 1.40 bits per heavy atom. The van der Waals surface area contributed by atoms with Gasteiger partial charge in [-0.15, -0.1) is 0 Å². The smallest absolute Gasteiger partial charge is 0.187 e. The van der Waals surface area contributed by atoms with Crippen molar-refractivity contribution in [2.75, 3.05) is 20.7 Å². The van der Waals surface area contributed by atoms with Crippen LogP contribution in [0, 0.1) is 0 Å². The molecule has 0 aromatic carbocycles. The van der Waals surface area contributed by atoms with E-state index in [1.807, 2.05) is 37.0 Å². The van der Waals surface area contributed by atoms with E-state index in [1.165, 1.54) is 0 Å². The van der Waals surface area contributed by atoms with Gasteiger partial charge in [-0.05, 0) is 18.6 Å². The summed E-state index contributed by atoms with van der Waals surface area (Å²) in [5.41, 5.74) is 0.702. The highest BCUT2D eigenvalue weighted by molar-refractivity contribution is 6.00. The van der Waals surface area contributed by atoms with E-state index in [2.05, 4.69) is 22.0 Å². The fraction of sp³-hybridized carbons (Fsp3) is 0.357. The van der Waals surface area contributed by atoms with Crippen LogP contribution in [0.3, 0.4) is 0 Å². The summed E-state index contributed by atoms with van der Waals surface area (Å²) in [4.78, 5) is 8.47. The Morgan fingerprint density at radius 2 is 2.25 bits per heavy atom. The first-order chi connectivity index (χ1) is 9.72. The van der Waals surface area contributed by atoms with Crippen LogP contribution >= 0.6 is 0 Å². The highest BCUT2D eigenvalue weighted by atomic mass is 16.5. The van der Waals surface area contributed by atoms with Crippen molar-refractivity contribution in [2.24, 2.45) is 5.10 Å². The molecular formula is C14H19N5O. The van der Waals surface area contributed by atoms with E-state index < -0.39 is 0 Å². The van der Waals surface area contributed by atoms with Gasteiger partial charge < -0.3 is 9.75 Å². The maximum Gasteiger partial charge on any atom is 0.187 e. The zero-order chi connectivity index (χ0) is 14.4. The Balaban J connectivity index is 2.44. The molecule has 0 saturated carbocycles. The van der Waals surface area contributed by atoms with Gasteiger partial charge in [-0.1, -0.05) is 6.92 Å². The molecule has 20 heavy (non-hydrogen) atoms. The minimum absolute atomic E-state index is 0.651. The zero-order valence-corrected chi connectivity index (χ0v) is 12.0. The number of rotatable bonds is 5. The molecule has 0 atom stereocenters. The molecule has 106 valence electrons. The van der Waals surface area contributed by atoms with E-state index in [9.17, 15) is 0 Å². The van der Waals surface area contributed by atoms with Crippen molar-refractivity contribution >= 4 is 5.84 Å². The highest BCUT2D eigenvalue weighted by Gasteiger charge is 2.14. The van der Waals surface area contributed by atoms with E-state index in [1.54, 1.807) is 23.7 Å². The van der Waals surface area contributed by atoms with Crippen LogP contribution in [0.5, 0.6) is 5.75 Å². The van der Waals surface area contributed by atoms with Crippen molar-refractivity contribution in [3.05, 3.63) is 42.7 Å². The second-order valence-corrected chi connectivity index (χ2v) is 4.44. The van der Waals surface area contributed by atoms with E-state index in [-0.39, 0.29) is 0 Å². The molecule has 0 fully saturated rings. The van der Waals surface area contributed by atoms with Crippen molar-refractivity contribution in [2.45, 2.75) is 13.3 Å². The van der Waals surface area contributed by atoms with Gasteiger partial charge in [-0.3, -0.25) is 4.57 Å². The number of hydrazone groups is 1. The second-order valence-electron chi connectivity index (χ2n) is 4.44. The van der Waals surface area contributed by atoms with Crippen molar-refractivity contribution < 1.29 is 4.74 Å². The lowest BCUT2D eigenvalue weighted by Gasteiger charge is -2.14. The normalized spacial score (nSPS) is 11.4. The lowest BCUT2D eigenvalue weighted by atomic mass is 10.3. The van der Waals surface area contributed by atoms with Crippen molar-refractivity contribution in [3.63, 3.8) is 0 Å². The monoisotopic (exact) mass is 273 g/mol. The fourth-order valence-corrected chi connectivity index (χ4v) is 1.68. The number of aromatic nitrogens is 3. The first-order valence-electron chi connectivity index (χ1n) is 6.54. The first kappa shape index (κ1) is 14.0. The van der Waals surface area contributed by atoms with Crippen LogP contribution in [0.15, 0.2) is 42.2 Å². The summed E-state index contributed by atoms with van der Waals surface area (Å²) < 4.78 is 7.57. The van der Waals surface area contributed by atoms with Crippen LogP contribution in [0.2, 0.25) is 0 Å². The molecule has 0 bridgehead atoms. The van der Waals surface area contributed by atoms with Gasteiger partial charge in [-0.25, -0.2) is 9.97 Å². The average molecular weight is 273 g/mol.